The van der Waals surface area contributed by atoms with E-state index in [1.807, 2.05) is 11.5 Å². The highest BCUT2D eigenvalue weighted by atomic mass is 32.2. The fraction of sp³-hybridized carbons (Fsp3) is 0.462. The molecule has 1 aromatic carbocycles. The lowest BCUT2D eigenvalue weighted by atomic mass is 10.2. The van der Waals surface area contributed by atoms with Crippen molar-refractivity contribution in [1.29, 1.82) is 0 Å². The number of hydrogen-bond acceptors (Lipinski definition) is 4. The van der Waals surface area contributed by atoms with Crippen LogP contribution in [0.2, 0.25) is 0 Å². The summed E-state index contributed by atoms with van der Waals surface area (Å²) in [7, 11) is -3.08. The van der Waals surface area contributed by atoms with Crippen molar-refractivity contribution in [3.63, 3.8) is 0 Å². The molecular weight excluding hydrogens is 281 g/mol. The summed E-state index contributed by atoms with van der Waals surface area (Å²) < 4.78 is 38.0. The number of sulfone groups is 1. The fourth-order valence-corrected chi connectivity index (χ4v) is 2.90. The second kappa shape index (κ2) is 5.49. The van der Waals surface area contributed by atoms with Crippen molar-refractivity contribution in [2.24, 2.45) is 5.73 Å². The molecule has 0 saturated heterocycles. The van der Waals surface area contributed by atoms with Crippen LogP contribution in [0.3, 0.4) is 0 Å². The first-order valence-corrected chi connectivity index (χ1v) is 8.47. The lowest BCUT2D eigenvalue weighted by Gasteiger charge is -2.12. The molecule has 2 N–H and O–H groups in total. The molecule has 2 rings (SSSR count). The second-order valence-corrected chi connectivity index (χ2v) is 7.11. The number of fused-ring (bicyclic) bond motifs is 1. The van der Waals surface area contributed by atoms with Crippen LogP contribution in [-0.4, -0.2) is 30.0 Å². The first kappa shape index (κ1) is 14.9. The van der Waals surface area contributed by atoms with Crippen LogP contribution >= 0.6 is 0 Å². The minimum Gasteiger partial charge on any atom is -0.327 e. The van der Waals surface area contributed by atoms with Crippen LogP contribution in [0.15, 0.2) is 18.2 Å². The number of nitrogens with zero attached hydrogens (tertiary/aromatic N) is 2. The predicted octanol–water partition coefficient (Wildman–Crippen LogP) is 1.63. The average Bonchev–Trinajstić information content (AvgIpc) is 2.75. The van der Waals surface area contributed by atoms with Gasteiger partial charge in [0.1, 0.15) is 21.2 Å². The number of nitrogens with two attached hydrogens (primary N) is 1. The number of aromatic nitrogens is 2. The van der Waals surface area contributed by atoms with E-state index in [0.717, 1.165) is 0 Å². The summed E-state index contributed by atoms with van der Waals surface area (Å²) in [4.78, 5) is 4.25. The molecule has 0 amide bonds. The van der Waals surface area contributed by atoms with Gasteiger partial charge in [0.2, 0.25) is 0 Å². The summed E-state index contributed by atoms with van der Waals surface area (Å²) in [5, 5.41) is 0. The van der Waals surface area contributed by atoms with E-state index in [0.29, 0.717) is 17.9 Å². The van der Waals surface area contributed by atoms with Crippen LogP contribution in [0, 0.1) is 5.82 Å². The van der Waals surface area contributed by atoms with Crippen molar-refractivity contribution in [3.8, 4) is 0 Å². The summed E-state index contributed by atoms with van der Waals surface area (Å²) in [5.41, 5.74) is 6.98. The molecule has 2 aromatic rings. The first-order valence-electron chi connectivity index (χ1n) is 6.41. The maximum atomic E-state index is 13.7. The second-order valence-electron chi connectivity index (χ2n) is 4.85. The highest BCUT2D eigenvalue weighted by Crippen LogP contribution is 2.23. The van der Waals surface area contributed by atoms with E-state index in [9.17, 15) is 12.8 Å². The molecule has 1 heterocycles. The van der Waals surface area contributed by atoms with Gasteiger partial charge in [-0.2, -0.15) is 0 Å². The molecule has 0 aliphatic carbocycles. The third-order valence-electron chi connectivity index (χ3n) is 3.21. The third kappa shape index (κ3) is 2.99. The number of para-hydroxylation sites is 1. The molecule has 0 spiro atoms. The molecule has 0 bridgehead atoms. The highest BCUT2D eigenvalue weighted by Gasteiger charge is 2.19. The zero-order valence-corrected chi connectivity index (χ0v) is 12.3. The Balaban J connectivity index is 2.41. The van der Waals surface area contributed by atoms with Gasteiger partial charge in [-0.3, -0.25) is 0 Å². The fourth-order valence-electron chi connectivity index (χ4n) is 2.22. The van der Waals surface area contributed by atoms with E-state index in [2.05, 4.69) is 4.98 Å². The van der Waals surface area contributed by atoms with Gasteiger partial charge in [-0.05, 0) is 25.5 Å². The lowest BCUT2D eigenvalue weighted by Crippen LogP contribution is -2.19. The first-order chi connectivity index (χ1) is 9.33. The van der Waals surface area contributed by atoms with Gasteiger partial charge in [-0.1, -0.05) is 6.07 Å². The Hall–Kier alpha value is -1.47. The summed E-state index contributed by atoms with van der Waals surface area (Å²) in [6.45, 7) is 2.51. The Morgan fingerprint density at radius 1 is 1.45 bits per heavy atom. The molecule has 0 fully saturated rings. The van der Waals surface area contributed by atoms with Gasteiger partial charge >= 0.3 is 0 Å². The molecule has 1 atom stereocenters. The summed E-state index contributed by atoms with van der Waals surface area (Å²) >= 11 is 0. The maximum absolute atomic E-state index is 13.7. The monoisotopic (exact) mass is 299 g/mol. The van der Waals surface area contributed by atoms with Gasteiger partial charge in [-0.25, -0.2) is 17.8 Å². The Bertz CT molecular complexity index is 725. The summed E-state index contributed by atoms with van der Waals surface area (Å²) in [5.74, 6) is 0.117. The number of rotatable bonds is 5. The highest BCUT2D eigenvalue weighted by molar-refractivity contribution is 7.90. The molecule has 0 aliphatic rings. The maximum Gasteiger partial charge on any atom is 0.151 e. The van der Waals surface area contributed by atoms with Crippen LogP contribution in [-0.2, 0) is 16.4 Å². The number of aryl methyl sites for hydroxylation is 1. The quantitative estimate of drug-likeness (QED) is 0.910. The van der Waals surface area contributed by atoms with Crippen LogP contribution in [0.1, 0.15) is 25.2 Å². The number of hydrogen-bond donors (Lipinski definition) is 1. The van der Waals surface area contributed by atoms with Crippen molar-refractivity contribution >= 4 is 20.9 Å². The minimum absolute atomic E-state index is 0.0103. The molecule has 0 saturated carbocycles. The van der Waals surface area contributed by atoms with Crippen molar-refractivity contribution < 1.29 is 12.8 Å². The SMILES string of the molecule is CCn1c(C(N)CCS(C)(=O)=O)nc2c(F)cccc21. The molecule has 110 valence electrons. The Labute approximate surface area is 117 Å². The van der Waals surface area contributed by atoms with Crippen LogP contribution in [0.5, 0.6) is 0 Å². The van der Waals surface area contributed by atoms with E-state index in [-0.39, 0.29) is 17.7 Å². The lowest BCUT2D eigenvalue weighted by molar-refractivity contribution is 0.573. The largest absolute Gasteiger partial charge is 0.327 e. The van der Waals surface area contributed by atoms with Crippen molar-refractivity contribution in [3.05, 3.63) is 29.8 Å². The smallest absolute Gasteiger partial charge is 0.151 e. The Morgan fingerprint density at radius 2 is 2.15 bits per heavy atom. The van der Waals surface area contributed by atoms with Crippen LogP contribution in [0.25, 0.3) is 11.0 Å². The van der Waals surface area contributed by atoms with Gasteiger partial charge in [-0.15, -0.1) is 0 Å². The van der Waals surface area contributed by atoms with Crippen LogP contribution < -0.4 is 5.73 Å². The minimum atomic E-state index is -3.08. The van der Waals surface area contributed by atoms with E-state index >= 15 is 0 Å². The predicted molar refractivity (Wildman–Crippen MR) is 76.6 cm³/mol. The molecule has 1 aromatic heterocycles. The molecule has 20 heavy (non-hydrogen) atoms. The van der Waals surface area contributed by atoms with E-state index < -0.39 is 21.7 Å². The molecule has 0 radical (unpaired) electrons. The topological polar surface area (TPSA) is 78.0 Å². The van der Waals surface area contributed by atoms with Gasteiger partial charge in [0.15, 0.2) is 5.82 Å². The van der Waals surface area contributed by atoms with Crippen molar-refractivity contribution in [2.45, 2.75) is 25.9 Å². The molecule has 7 heteroatoms. The van der Waals surface area contributed by atoms with E-state index in [1.54, 1.807) is 12.1 Å². The number of benzene rings is 1. The number of imidazole rings is 1. The Kier molecular flexibility index (Phi) is 4.10. The third-order valence-corrected chi connectivity index (χ3v) is 4.18. The van der Waals surface area contributed by atoms with Gasteiger partial charge < -0.3 is 10.3 Å². The molecule has 1 unspecified atom stereocenters. The summed E-state index contributed by atoms with van der Waals surface area (Å²) in [6, 6.07) is 4.22. The zero-order chi connectivity index (χ0) is 14.9. The summed E-state index contributed by atoms with van der Waals surface area (Å²) in [6.07, 6.45) is 1.44. The normalized spacial score (nSPS) is 13.8. The average molecular weight is 299 g/mol. The van der Waals surface area contributed by atoms with Crippen molar-refractivity contribution in [2.75, 3.05) is 12.0 Å². The number of halogens is 1. The van der Waals surface area contributed by atoms with Crippen LogP contribution in [0.4, 0.5) is 4.39 Å². The van der Waals surface area contributed by atoms with E-state index in [4.69, 9.17) is 5.73 Å². The molecule has 5 nitrogen and oxygen atoms in total. The standard InChI is InChI=1S/C13H18FN3O2S/c1-3-17-11-6-4-5-9(14)12(11)16-13(17)10(15)7-8-20(2,18)19/h4-6,10H,3,7-8,15H2,1-2H3. The van der Waals surface area contributed by atoms with E-state index in [1.165, 1.54) is 12.3 Å². The molecular formula is C13H18FN3O2S. The Morgan fingerprint density at radius 3 is 2.75 bits per heavy atom. The van der Waals surface area contributed by atoms with Gasteiger partial charge in [0.05, 0.1) is 17.3 Å². The van der Waals surface area contributed by atoms with Gasteiger partial charge in [0, 0.05) is 12.8 Å². The van der Waals surface area contributed by atoms with Gasteiger partial charge in [0.25, 0.3) is 0 Å². The zero-order valence-electron chi connectivity index (χ0n) is 11.5. The molecule has 0 aliphatic heterocycles. The van der Waals surface area contributed by atoms with Crippen molar-refractivity contribution in [1.82, 2.24) is 9.55 Å².